The molecule has 0 spiro atoms. The highest BCUT2D eigenvalue weighted by molar-refractivity contribution is 6.31. The monoisotopic (exact) mass is 574 g/mol. The number of anilines is 1. The van der Waals surface area contributed by atoms with E-state index in [1.165, 1.54) is 0 Å². The van der Waals surface area contributed by atoms with Gasteiger partial charge in [0.25, 0.3) is 0 Å². The highest BCUT2D eigenvalue weighted by Gasteiger charge is 2.41. The van der Waals surface area contributed by atoms with Gasteiger partial charge >= 0.3 is 5.97 Å². The van der Waals surface area contributed by atoms with Crippen molar-refractivity contribution in [3.63, 3.8) is 0 Å². The molecule has 1 saturated carbocycles. The number of hydrogen-bond acceptors (Lipinski definition) is 6. The molecule has 41 heavy (non-hydrogen) atoms. The number of benzene rings is 3. The first kappa shape index (κ1) is 28.8. The number of nitrogens with zero attached hydrogens (tertiary/aromatic N) is 2. The fourth-order valence-corrected chi connectivity index (χ4v) is 5.20. The second kappa shape index (κ2) is 13.3. The van der Waals surface area contributed by atoms with Crippen LogP contribution >= 0.6 is 11.6 Å². The molecule has 2 N–H and O–H groups in total. The normalized spacial score (nSPS) is 16.9. The standard InChI is InChI=1S/C32H35ClN4O4/c1-2-34-17-23-10-15-28(33)25(16-23)20-36(26-13-14-26)31(39)29-18-35-19-30(38)37(29)27-11-8-22(9-12-27)21-41-32(40)24-6-4-3-5-7-24/h3-12,15-16,26,29,34-35H,2,13-14,17-21H2,1H3/t29-/m1/s1. The second-order valence-electron chi connectivity index (χ2n) is 10.4. The summed E-state index contributed by atoms with van der Waals surface area (Å²) in [6, 6.07) is 21.5. The maximum absolute atomic E-state index is 14.0. The predicted molar refractivity (Wildman–Crippen MR) is 159 cm³/mol. The molecule has 5 rings (SSSR count). The van der Waals surface area contributed by atoms with Gasteiger partial charge in [0, 0.05) is 36.4 Å². The summed E-state index contributed by atoms with van der Waals surface area (Å²) in [6.07, 6.45) is 1.87. The van der Waals surface area contributed by atoms with Gasteiger partial charge < -0.3 is 20.3 Å². The smallest absolute Gasteiger partial charge is 0.338 e. The summed E-state index contributed by atoms with van der Waals surface area (Å²) in [5.74, 6) is -0.661. The Morgan fingerprint density at radius 3 is 2.49 bits per heavy atom. The van der Waals surface area contributed by atoms with Crippen molar-refractivity contribution in [2.45, 2.75) is 51.5 Å². The number of rotatable bonds is 11. The number of carbonyl (C=O) groups is 3. The molecule has 8 nitrogen and oxygen atoms in total. The van der Waals surface area contributed by atoms with E-state index in [4.69, 9.17) is 16.3 Å². The molecule has 1 heterocycles. The summed E-state index contributed by atoms with van der Waals surface area (Å²) in [5.41, 5.74) is 3.92. The van der Waals surface area contributed by atoms with Gasteiger partial charge in [0.05, 0.1) is 12.1 Å². The zero-order chi connectivity index (χ0) is 28.8. The van der Waals surface area contributed by atoms with Crippen molar-refractivity contribution in [2.24, 2.45) is 0 Å². The molecule has 1 aliphatic heterocycles. The third-order valence-electron chi connectivity index (χ3n) is 7.37. The number of nitrogens with one attached hydrogen (secondary N) is 2. The molecule has 2 fully saturated rings. The third-order valence-corrected chi connectivity index (χ3v) is 7.74. The van der Waals surface area contributed by atoms with Gasteiger partial charge in [-0.2, -0.15) is 0 Å². The Labute approximate surface area is 245 Å². The first-order valence-electron chi connectivity index (χ1n) is 14.1. The molecule has 0 radical (unpaired) electrons. The largest absolute Gasteiger partial charge is 0.457 e. The Morgan fingerprint density at radius 2 is 1.78 bits per heavy atom. The van der Waals surface area contributed by atoms with Gasteiger partial charge in [0.2, 0.25) is 11.8 Å². The SMILES string of the molecule is CCNCc1ccc(Cl)c(CN(C(=O)[C@H]2CNCC(=O)N2c2ccc(COC(=O)c3ccccc3)cc2)C2CC2)c1. The van der Waals surface area contributed by atoms with E-state index in [-0.39, 0.29) is 31.0 Å². The van der Waals surface area contributed by atoms with Crippen LogP contribution in [0, 0.1) is 0 Å². The lowest BCUT2D eigenvalue weighted by molar-refractivity contribution is -0.136. The molecular formula is C32H35ClN4O4. The lowest BCUT2D eigenvalue weighted by Crippen LogP contribution is -2.61. The van der Waals surface area contributed by atoms with Gasteiger partial charge in [0.1, 0.15) is 12.6 Å². The fraction of sp³-hybridized carbons (Fsp3) is 0.344. The lowest BCUT2D eigenvalue weighted by atomic mass is 10.1. The maximum atomic E-state index is 14.0. The summed E-state index contributed by atoms with van der Waals surface area (Å²) < 4.78 is 5.44. The lowest BCUT2D eigenvalue weighted by Gasteiger charge is -2.38. The third kappa shape index (κ3) is 7.14. The molecule has 1 saturated heterocycles. The zero-order valence-electron chi connectivity index (χ0n) is 23.1. The molecule has 9 heteroatoms. The molecule has 0 bridgehead atoms. The first-order chi connectivity index (χ1) is 19.9. The Morgan fingerprint density at radius 1 is 1.05 bits per heavy atom. The molecule has 3 aromatic rings. The molecule has 214 valence electrons. The van der Waals surface area contributed by atoms with Crippen LogP contribution in [0.15, 0.2) is 72.8 Å². The Hall–Kier alpha value is -3.72. The molecule has 2 aliphatic rings. The molecule has 1 atom stereocenters. The van der Waals surface area contributed by atoms with Crippen LogP contribution in [-0.4, -0.2) is 54.4 Å². The first-order valence-corrected chi connectivity index (χ1v) is 14.4. The van der Waals surface area contributed by atoms with Gasteiger partial charge in [-0.05, 0) is 66.4 Å². The van der Waals surface area contributed by atoms with E-state index in [1.807, 2.05) is 35.2 Å². The Kier molecular flexibility index (Phi) is 9.34. The van der Waals surface area contributed by atoms with Gasteiger partial charge in [-0.25, -0.2) is 4.79 Å². The van der Waals surface area contributed by atoms with Crippen LogP contribution in [0.2, 0.25) is 5.02 Å². The summed E-state index contributed by atoms with van der Waals surface area (Å²) in [7, 11) is 0. The number of esters is 1. The molecule has 0 aromatic heterocycles. The second-order valence-corrected chi connectivity index (χ2v) is 10.8. The van der Waals surface area contributed by atoms with Crippen LogP contribution in [0.1, 0.15) is 46.8 Å². The van der Waals surface area contributed by atoms with Gasteiger partial charge in [-0.1, -0.05) is 61.0 Å². The maximum Gasteiger partial charge on any atom is 0.338 e. The summed E-state index contributed by atoms with van der Waals surface area (Å²) >= 11 is 6.57. The summed E-state index contributed by atoms with van der Waals surface area (Å²) in [5, 5.41) is 7.07. The molecule has 2 amide bonds. The van der Waals surface area contributed by atoms with E-state index in [2.05, 4.69) is 23.6 Å². The predicted octanol–water partition coefficient (Wildman–Crippen LogP) is 4.30. The quantitative estimate of drug-likeness (QED) is 0.332. The molecule has 0 unspecified atom stereocenters. The topological polar surface area (TPSA) is 91.0 Å². The molecule has 3 aromatic carbocycles. The van der Waals surface area contributed by atoms with Crippen LogP contribution in [-0.2, 0) is 34.0 Å². The van der Waals surface area contributed by atoms with Gasteiger partial charge in [-0.15, -0.1) is 0 Å². The van der Waals surface area contributed by atoms with E-state index in [0.29, 0.717) is 29.4 Å². The Bertz CT molecular complexity index is 1380. The van der Waals surface area contributed by atoms with Gasteiger partial charge in [0.15, 0.2) is 0 Å². The number of piperazine rings is 1. The Balaban J connectivity index is 1.30. The van der Waals surface area contributed by atoms with E-state index < -0.39 is 12.0 Å². The van der Waals surface area contributed by atoms with E-state index in [0.717, 1.165) is 42.6 Å². The summed E-state index contributed by atoms with van der Waals surface area (Å²) in [4.78, 5) is 42.9. The number of amides is 2. The van der Waals surface area contributed by atoms with E-state index in [1.54, 1.807) is 41.3 Å². The van der Waals surface area contributed by atoms with Crippen LogP contribution in [0.25, 0.3) is 0 Å². The highest BCUT2D eigenvalue weighted by atomic mass is 35.5. The fourth-order valence-electron chi connectivity index (χ4n) is 5.02. The number of halogens is 1. The van der Waals surface area contributed by atoms with Crippen molar-refractivity contribution in [2.75, 3.05) is 24.5 Å². The van der Waals surface area contributed by atoms with Crippen molar-refractivity contribution < 1.29 is 19.1 Å². The van der Waals surface area contributed by atoms with Gasteiger partial charge in [-0.3, -0.25) is 14.5 Å². The number of ether oxygens (including phenoxy) is 1. The van der Waals surface area contributed by atoms with Crippen molar-refractivity contribution in [3.05, 3.63) is 100 Å². The molecule has 1 aliphatic carbocycles. The van der Waals surface area contributed by atoms with Crippen LogP contribution in [0.3, 0.4) is 0 Å². The van der Waals surface area contributed by atoms with Crippen molar-refractivity contribution in [1.82, 2.24) is 15.5 Å². The number of hydrogen-bond donors (Lipinski definition) is 2. The van der Waals surface area contributed by atoms with Crippen molar-refractivity contribution >= 4 is 35.1 Å². The van der Waals surface area contributed by atoms with Crippen molar-refractivity contribution in [1.29, 1.82) is 0 Å². The average molecular weight is 575 g/mol. The minimum atomic E-state index is -0.678. The minimum absolute atomic E-state index is 0.0953. The van der Waals surface area contributed by atoms with Crippen LogP contribution in [0.5, 0.6) is 0 Å². The van der Waals surface area contributed by atoms with Crippen molar-refractivity contribution in [3.8, 4) is 0 Å². The van der Waals surface area contributed by atoms with E-state index >= 15 is 0 Å². The average Bonchev–Trinajstić information content (AvgIpc) is 3.84. The highest BCUT2D eigenvalue weighted by Crippen LogP contribution is 2.32. The molecular weight excluding hydrogens is 540 g/mol. The van der Waals surface area contributed by atoms with E-state index in [9.17, 15) is 14.4 Å². The van der Waals surface area contributed by atoms with Crippen LogP contribution < -0.4 is 15.5 Å². The summed E-state index contributed by atoms with van der Waals surface area (Å²) in [6.45, 7) is 4.67. The minimum Gasteiger partial charge on any atom is -0.457 e. The zero-order valence-corrected chi connectivity index (χ0v) is 23.9. The number of carbonyl (C=O) groups excluding carboxylic acids is 3. The van der Waals surface area contributed by atoms with Crippen LogP contribution in [0.4, 0.5) is 5.69 Å².